The van der Waals surface area contributed by atoms with Crippen LogP contribution < -0.4 is 15.8 Å². The fraction of sp³-hybridized carbons (Fsp3) is 0.714. The third-order valence-electron chi connectivity index (χ3n) is 3.76. The van der Waals surface area contributed by atoms with Crippen molar-refractivity contribution in [3.63, 3.8) is 0 Å². The summed E-state index contributed by atoms with van der Waals surface area (Å²) in [6.45, 7) is 6.21. The molecule has 1 heterocycles. The molecule has 106 valence electrons. The molecule has 5 nitrogen and oxygen atoms in total. The monoisotopic (exact) mass is 264 g/mol. The molecule has 1 aliphatic rings. The lowest BCUT2D eigenvalue weighted by Crippen LogP contribution is -2.25. The number of rotatable bonds is 6. The highest BCUT2D eigenvalue weighted by Gasteiger charge is 2.25. The molecule has 0 saturated heterocycles. The van der Waals surface area contributed by atoms with Crippen molar-refractivity contribution in [3.05, 3.63) is 11.8 Å². The molecule has 2 atom stereocenters. The van der Waals surface area contributed by atoms with Gasteiger partial charge < -0.3 is 15.8 Å². The number of hydrogen-bond acceptors (Lipinski definition) is 5. The largest absolute Gasteiger partial charge is 0.478 e. The third kappa shape index (κ3) is 3.80. The fourth-order valence-electron chi connectivity index (χ4n) is 2.76. The minimum Gasteiger partial charge on any atom is -0.478 e. The Bertz CT molecular complexity index is 410. The third-order valence-corrected chi connectivity index (χ3v) is 3.76. The first-order valence-corrected chi connectivity index (χ1v) is 7.15. The highest BCUT2D eigenvalue weighted by atomic mass is 16.5. The van der Waals surface area contributed by atoms with Crippen LogP contribution in [0.5, 0.6) is 5.88 Å². The minimum atomic E-state index is 0.619. The molecule has 2 rings (SSSR count). The van der Waals surface area contributed by atoms with Crippen molar-refractivity contribution in [1.82, 2.24) is 9.97 Å². The van der Waals surface area contributed by atoms with E-state index in [0.717, 1.165) is 18.8 Å². The van der Waals surface area contributed by atoms with Gasteiger partial charge in [0.15, 0.2) is 0 Å². The van der Waals surface area contributed by atoms with Crippen molar-refractivity contribution in [2.75, 3.05) is 25.0 Å². The van der Waals surface area contributed by atoms with Crippen molar-refractivity contribution in [3.8, 4) is 5.88 Å². The molecule has 3 N–H and O–H groups in total. The SMILES string of the molecule is CCOc1cc(C)nc(NCC2CCCC2CN)n1. The van der Waals surface area contributed by atoms with E-state index >= 15 is 0 Å². The highest BCUT2D eigenvalue weighted by molar-refractivity contribution is 5.30. The topological polar surface area (TPSA) is 73.1 Å². The number of anilines is 1. The van der Waals surface area contributed by atoms with Gasteiger partial charge in [-0.05, 0) is 45.1 Å². The molecule has 1 aromatic rings. The van der Waals surface area contributed by atoms with Crippen LogP contribution in [0.4, 0.5) is 5.95 Å². The first-order valence-electron chi connectivity index (χ1n) is 7.15. The second-order valence-electron chi connectivity index (χ2n) is 5.17. The Morgan fingerprint density at radius 3 is 2.89 bits per heavy atom. The quantitative estimate of drug-likeness (QED) is 0.822. The molecule has 1 aromatic heterocycles. The lowest BCUT2D eigenvalue weighted by molar-refractivity contribution is 0.326. The van der Waals surface area contributed by atoms with Crippen molar-refractivity contribution in [2.24, 2.45) is 17.6 Å². The van der Waals surface area contributed by atoms with Crippen molar-refractivity contribution in [2.45, 2.75) is 33.1 Å². The summed E-state index contributed by atoms with van der Waals surface area (Å²) in [5, 5.41) is 3.33. The molecule has 1 fully saturated rings. The minimum absolute atomic E-state index is 0.619. The molecular formula is C14H24N4O. The second-order valence-corrected chi connectivity index (χ2v) is 5.17. The summed E-state index contributed by atoms with van der Waals surface area (Å²) in [5.41, 5.74) is 6.72. The van der Waals surface area contributed by atoms with Crippen LogP contribution in [0.1, 0.15) is 31.9 Å². The Morgan fingerprint density at radius 1 is 1.37 bits per heavy atom. The Balaban J connectivity index is 1.95. The van der Waals surface area contributed by atoms with Gasteiger partial charge in [0.25, 0.3) is 0 Å². The Kier molecular flexibility index (Phi) is 4.96. The number of aromatic nitrogens is 2. The van der Waals surface area contributed by atoms with Gasteiger partial charge in [-0.15, -0.1) is 0 Å². The van der Waals surface area contributed by atoms with Gasteiger partial charge in [-0.3, -0.25) is 0 Å². The zero-order valence-corrected chi connectivity index (χ0v) is 11.9. The van der Waals surface area contributed by atoms with Gasteiger partial charge in [0, 0.05) is 18.3 Å². The average molecular weight is 264 g/mol. The van der Waals surface area contributed by atoms with Crippen LogP contribution in [-0.4, -0.2) is 29.7 Å². The smallest absolute Gasteiger partial charge is 0.226 e. The Labute approximate surface area is 115 Å². The molecule has 1 saturated carbocycles. The fourth-order valence-corrected chi connectivity index (χ4v) is 2.76. The van der Waals surface area contributed by atoms with Crippen LogP contribution in [-0.2, 0) is 0 Å². The lowest BCUT2D eigenvalue weighted by Gasteiger charge is -2.18. The molecule has 0 bridgehead atoms. The van der Waals surface area contributed by atoms with E-state index in [1.165, 1.54) is 19.3 Å². The van der Waals surface area contributed by atoms with E-state index in [0.29, 0.717) is 30.3 Å². The van der Waals surface area contributed by atoms with Crippen LogP contribution in [0.2, 0.25) is 0 Å². The first-order chi connectivity index (χ1) is 9.22. The Morgan fingerprint density at radius 2 is 2.16 bits per heavy atom. The summed E-state index contributed by atoms with van der Waals surface area (Å²) >= 11 is 0. The van der Waals surface area contributed by atoms with Crippen molar-refractivity contribution < 1.29 is 4.74 Å². The van der Waals surface area contributed by atoms with Gasteiger partial charge in [-0.1, -0.05) is 6.42 Å². The lowest BCUT2D eigenvalue weighted by atomic mass is 9.96. The zero-order valence-electron chi connectivity index (χ0n) is 11.9. The molecule has 0 aromatic carbocycles. The van der Waals surface area contributed by atoms with Gasteiger partial charge in [0.1, 0.15) is 0 Å². The normalized spacial score (nSPS) is 22.5. The summed E-state index contributed by atoms with van der Waals surface area (Å²) in [7, 11) is 0. The molecular weight excluding hydrogens is 240 g/mol. The predicted octanol–water partition coefficient (Wildman–Crippen LogP) is 1.97. The maximum atomic E-state index is 5.80. The average Bonchev–Trinajstić information content (AvgIpc) is 2.83. The number of nitrogens with one attached hydrogen (secondary N) is 1. The van der Waals surface area contributed by atoms with Gasteiger partial charge in [-0.25, -0.2) is 4.98 Å². The molecule has 1 aliphatic carbocycles. The predicted molar refractivity (Wildman–Crippen MR) is 76.3 cm³/mol. The van der Waals surface area contributed by atoms with E-state index in [9.17, 15) is 0 Å². The number of hydrogen-bond donors (Lipinski definition) is 2. The van der Waals surface area contributed by atoms with Crippen LogP contribution in [0.25, 0.3) is 0 Å². The van der Waals surface area contributed by atoms with E-state index in [1.54, 1.807) is 0 Å². The second kappa shape index (κ2) is 6.70. The van der Waals surface area contributed by atoms with E-state index in [4.69, 9.17) is 10.5 Å². The van der Waals surface area contributed by atoms with Gasteiger partial charge in [0.05, 0.1) is 6.61 Å². The van der Waals surface area contributed by atoms with Crippen LogP contribution in [0, 0.1) is 18.8 Å². The van der Waals surface area contributed by atoms with Gasteiger partial charge >= 0.3 is 0 Å². The van der Waals surface area contributed by atoms with Crippen LogP contribution >= 0.6 is 0 Å². The molecule has 0 amide bonds. The number of aryl methyl sites for hydroxylation is 1. The molecule has 0 aliphatic heterocycles. The summed E-state index contributed by atoms with van der Waals surface area (Å²) in [6.07, 6.45) is 3.79. The Hall–Kier alpha value is -1.36. The number of ether oxygens (including phenoxy) is 1. The van der Waals surface area contributed by atoms with E-state index in [1.807, 2.05) is 19.9 Å². The standard InChI is InChI=1S/C14H24N4O/c1-3-19-13-7-10(2)17-14(18-13)16-9-12-6-4-5-11(12)8-15/h7,11-12H,3-6,8-9,15H2,1-2H3,(H,16,17,18). The van der Waals surface area contributed by atoms with E-state index in [2.05, 4.69) is 15.3 Å². The van der Waals surface area contributed by atoms with Crippen molar-refractivity contribution in [1.29, 1.82) is 0 Å². The molecule has 19 heavy (non-hydrogen) atoms. The summed E-state index contributed by atoms with van der Waals surface area (Å²) in [6, 6.07) is 1.85. The maximum Gasteiger partial charge on any atom is 0.226 e. The molecule has 0 radical (unpaired) electrons. The van der Waals surface area contributed by atoms with Gasteiger partial charge in [-0.2, -0.15) is 4.98 Å². The first kappa shape index (κ1) is 14.1. The number of nitrogens with two attached hydrogens (primary N) is 1. The molecule has 0 spiro atoms. The van der Waals surface area contributed by atoms with E-state index < -0.39 is 0 Å². The highest BCUT2D eigenvalue weighted by Crippen LogP contribution is 2.30. The van der Waals surface area contributed by atoms with Crippen LogP contribution in [0.15, 0.2) is 6.07 Å². The molecule has 2 unspecified atom stereocenters. The maximum absolute atomic E-state index is 5.80. The van der Waals surface area contributed by atoms with Crippen LogP contribution in [0.3, 0.4) is 0 Å². The van der Waals surface area contributed by atoms with E-state index in [-0.39, 0.29) is 0 Å². The summed E-state index contributed by atoms with van der Waals surface area (Å²) in [4.78, 5) is 8.75. The van der Waals surface area contributed by atoms with Crippen molar-refractivity contribution >= 4 is 5.95 Å². The summed E-state index contributed by atoms with van der Waals surface area (Å²) in [5.74, 6) is 2.58. The number of nitrogens with zero attached hydrogens (tertiary/aromatic N) is 2. The molecule has 5 heteroatoms. The van der Waals surface area contributed by atoms with Gasteiger partial charge in [0.2, 0.25) is 11.8 Å². The summed E-state index contributed by atoms with van der Waals surface area (Å²) < 4.78 is 5.43. The zero-order chi connectivity index (χ0) is 13.7.